The lowest BCUT2D eigenvalue weighted by Crippen LogP contribution is -2.16. The second kappa shape index (κ2) is 5.09. The molecule has 0 bridgehead atoms. The summed E-state index contributed by atoms with van der Waals surface area (Å²) in [6, 6.07) is 5.29. The number of amides is 1. The van der Waals surface area contributed by atoms with Gasteiger partial charge in [0.2, 0.25) is 5.91 Å². The van der Waals surface area contributed by atoms with Crippen LogP contribution in [0, 0.1) is 0 Å². The van der Waals surface area contributed by atoms with Crippen molar-refractivity contribution in [3.8, 4) is 5.75 Å². The number of rotatable bonds is 5. The number of hydrogen-bond donors (Lipinski definition) is 3. The summed E-state index contributed by atoms with van der Waals surface area (Å²) in [6.07, 6.45) is 0.274. The minimum absolute atomic E-state index is 0.274. The third-order valence-corrected chi connectivity index (χ3v) is 1.95. The van der Waals surface area contributed by atoms with Crippen molar-refractivity contribution < 1.29 is 9.53 Å². The van der Waals surface area contributed by atoms with E-state index < -0.39 is 0 Å². The summed E-state index contributed by atoms with van der Waals surface area (Å²) in [5.74, 6) is 0.370. The van der Waals surface area contributed by atoms with Gasteiger partial charge in [0.15, 0.2) is 0 Å². The van der Waals surface area contributed by atoms with Crippen LogP contribution in [0.2, 0.25) is 0 Å². The molecular weight excluding hydrogens is 194 g/mol. The van der Waals surface area contributed by atoms with E-state index >= 15 is 0 Å². The quantitative estimate of drug-likeness (QED) is 0.618. The zero-order valence-corrected chi connectivity index (χ0v) is 8.62. The van der Waals surface area contributed by atoms with Crippen molar-refractivity contribution >= 4 is 17.3 Å². The molecule has 0 aromatic heterocycles. The van der Waals surface area contributed by atoms with Crippen LogP contribution in [0.3, 0.4) is 0 Å². The lowest BCUT2D eigenvalue weighted by Gasteiger charge is -2.09. The van der Waals surface area contributed by atoms with Crippen molar-refractivity contribution in [2.24, 2.45) is 5.73 Å². The van der Waals surface area contributed by atoms with Crippen molar-refractivity contribution in [3.63, 3.8) is 0 Å². The van der Waals surface area contributed by atoms with E-state index in [1.807, 2.05) is 0 Å². The van der Waals surface area contributed by atoms with Gasteiger partial charge in [-0.15, -0.1) is 0 Å². The Bertz CT molecular complexity index is 353. The SMILES string of the molecule is COc1ccc(N)c(NCCC(N)=O)c1. The first kappa shape index (κ1) is 11.2. The van der Waals surface area contributed by atoms with Gasteiger partial charge >= 0.3 is 0 Å². The van der Waals surface area contributed by atoms with E-state index in [4.69, 9.17) is 16.2 Å². The zero-order valence-electron chi connectivity index (χ0n) is 8.62. The molecule has 0 aliphatic rings. The van der Waals surface area contributed by atoms with Crippen LogP contribution in [0.15, 0.2) is 18.2 Å². The van der Waals surface area contributed by atoms with Gasteiger partial charge in [-0.05, 0) is 12.1 Å². The molecule has 0 saturated heterocycles. The van der Waals surface area contributed by atoms with Crippen molar-refractivity contribution in [1.29, 1.82) is 0 Å². The summed E-state index contributed by atoms with van der Waals surface area (Å²) < 4.78 is 5.05. The molecule has 82 valence electrons. The van der Waals surface area contributed by atoms with Crippen LogP contribution in [-0.4, -0.2) is 19.6 Å². The topological polar surface area (TPSA) is 90.4 Å². The zero-order chi connectivity index (χ0) is 11.3. The molecule has 0 unspecified atom stereocenters. The molecule has 1 aromatic rings. The maximum absolute atomic E-state index is 10.5. The molecule has 5 N–H and O–H groups in total. The number of methoxy groups -OCH3 is 1. The van der Waals surface area contributed by atoms with Crippen LogP contribution in [-0.2, 0) is 4.79 Å². The van der Waals surface area contributed by atoms with Crippen LogP contribution in [0.4, 0.5) is 11.4 Å². The Morgan fingerprint density at radius 1 is 1.53 bits per heavy atom. The average molecular weight is 209 g/mol. The molecule has 15 heavy (non-hydrogen) atoms. The van der Waals surface area contributed by atoms with Crippen molar-refractivity contribution in [2.45, 2.75) is 6.42 Å². The van der Waals surface area contributed by atoms with Gasteiger partial charge in [-0.3, -0.25) is 4.79 Å². The number of carbonyl (C=O) groups excluding carboxylic acids is 1. The lowest BCUT2D eigenvalue weighted by molar-refractivity contribution is -0.117. The van der Waals surface area contributed by atoms with Crippen molar-refractivity contribution in [3.05, 3.63) is 18.2 Å². The molecule has 5 heteroatoms. The smallest absolute Gasteiger partial charge is 0.219 e. The van der Waals surface area contributed by atoms with Gasteiger partial charge in [-0.2, -0.15) is 0 Å². The van der Waals surface area contributed by atoms with E-state index in [0.717, 1.165) is 5.69 Å². The van der Waals surface area contributed by atoms with E-state index in [1.165, 1.54) is 0 Å². The molecule has 0 saturated carbocycles. The van der Waals surface area contributed by atoms with Gasteiger partial charge in [0.1, 0.15) is 5.75 Å². The van der Waals surface area contributed by atoms with Crippen LogP contribution in [0.25, 0.3) is 0 Å². The standard InChI is InChI=1S/C10H15N3O2/c1-15-7-2-3-8(11)9(6-7)13-5-4-10(12)14/h2-3,6,13H,4-5,11H2,1H3,(H2,12,14). The summed E-state index contributed by atoms with van der Waals surface area (Å²) in [5, 5.41) is 3.01. The van der Waals surface area contributed by atoms with Gasteiger partial charge in [0.25, 0.3) is 0 Å². The first-order valence-electron chi connectivity index (χ1n) is 4.59. The summed E-state index contributed by atoms with van der Waals surface area (Å²) in [7, 11) is 1.58. The molecule has 0 aliphatic heterocycles. The van der Waals surface area contributed by atoms with E-state index in [2.05, 4.69) is 5.32 Å². The third-order valence-electron chi connectivity index (χ3n) is 1.95. The first-order chi connectivity index (χ1) is 7.13. The van der Waals surface area contributed by atoms with Crippen molar-refractivity contribution in [1.82, 2.24) is 0 Å². The van der Waals surface area contributed by atoms with Gasteiger partial charge < -0.3 is 21.5 Å². The summed E-state index contributed by atoms with van der Waals surface area (Å²) >= 11 is 0. The monoisotopic (exact) mass is 209 g/mol. The molecule has 0 spiro atoms. The molecule has 1 rings (SSSR count). The Morgan fingerprint density at radius 2 is 2.27 bits per heavy atom. The number of hydrogen-bond acceptors (Lipinski definition) is 4. The van der Waals surface area contributed by atoms with Crippen LogP contribution >= 0.6 is 0 Å². The Hall–Kier alpha value is -1.91. The van der Waals surface area contributed by atoms with Crippen molar-refractivity contribution in [2.75, 3.05) is 24.7 Å². The minimum Gasteiger partial charge on any atom is -0.497 e. The van der Waals surface area contributed by atoms with Crippen LogP contribution < -0.4 is 21.5 Å². The highest BCUT2D eigenvalue weighted by Crippen LogP contribution is 2.24. The Kier molecular flexibility index (Phi) is 3.79. The third kappa shape index (κ3) is 3.38. The Labute approximate surface area is 88.4 Å². The van der Waals surface area contributed by atoms with E-state index in [0.29, 0.717) is 18.0 Å². The highest BCUT2D eigenvalue weighted by molar-refractivity contribution is 5.75. The molecule has 0 fully saturated rings. The van der Waals surface area contributed by atoms with Crippen LogP contribution in [0.5, 0.6) is 5.75 Å². The fourth-order valence-electron chi connectivity index (χ4n) is 1.14. The summed E-state index contributed by atoms with van der Waals surface area (Å²) in [4.78, 5) is 10.5. The summed E-state index contributed by atoms with van der Waals surface area (Å²) in [6.45, 7) is 0.465. The normalized spacial score (nSPS) is 9.67. The molecule has 0 heterocycles. The number of anilines is 2. The molecule has 5 nitrogen and oxygen atoms in total. The molecule has 0 atom stereocenters. The fraction of sp³-hybridized carbons (Fsp3) is 0.300. The van der Waals surface area contributed by atoms with Gasteiger partial charge in [0.05, 0.1) is 18.5 Å². The number of ether oxygens (including phenoxy) is 1. The second-order valence-electron chi connectivity index (χ2n) is 3.10. The highest BCUT2D eigenvalue weighted by Gasteiger charge is 2.01. The molecule has 0 aliphatic carbocycles. The van der Waals surface area contributed by atoms with E-state index in [-0.39, 0.29) is 12.3 Å². The van der Waals surface area contributed by atoms with Gasteiger partial charge in [-0.25, -0.2) is 0 Å². The van der Waals surface area contributed by atoms with E-state index in [9.17, 15) is 4.79 Å². The predicted octanol–water partition coefficient (Wildman–Crippen LogP) is 0.565. The highest BCUT2D eigenvalue weighted by atomic mass is 16.5. The number of nitrogen functional groups attached to an aromatic ring is 1. The lowest BCUT2D eigenvalue weighted by atomic mass is 10.2. The number of benzene rings is 1. The minimum atomic E-state index is -0.344. The number of carbonyl (C=O) groups is 1. The first-order valence-corrected chi connectivity index (χ1v) is 4.59. The van der Waals surface area contributed by atoms with Gasteiger partial charge in [-0.1, -0.05) is 0 Å². The Balaban J connectivity index is 2.62. The molecular formula is C10H15N3O2. The average Bonchev–Trinajstić information content (AvgIpc) is 2.20. The summed E-state index contributed by atoms with van der Waals surface area (Å²) in [5.41, 5.74) is 12.1. The fourth-order valence-corrected chi connectivity index (χ4v) is 1.14. The number of nitrogens with two attached hydrogens (primary N) is 2. The van der Waals surface area contributed by atoms with E-state index in [1.54, 1.807) is 25.3 Å². The maximum Gasteiger partial charge on any atom is 0.219 e. The van der Waals surface area contributed by atoms with Crippen LogP contribution in [0.1, 0.15) is 6.42 Å². The maximum atomic E-state index is 10.5. The second-order valence-corrected chi connectivity index (χ2v) is 3.10. The molecule has 1 aromatic carbocycles. The molecule has 0 radical (unpaired) electrons. The Morgan fingerprint density at radius 3 is 2.87 bits per heavy atom. The van der Waals surface area contributed by atoms with Gasteiger partial charge in [0, 0.05) is 19.0 Å². The largest absolute Gasteiger partial charge is 0.497 e. The molecule has 1 amide bonds. The number of primary amides is 1. The predicted molar refractivity (Wildman–Crippen MR) is 59.7 cm³/mol. The number of nitrogens with one attached hydrogen (secondary N) is 1.